The molecule has 0 saturated heterocycles. The highest BCUT2D eigenvalue weighted by molar-refractivity contribution is 7.92. The van der Waals surface area contributed by atoms with Crippen molar-refractivity contribution in [2.45, 2.75) is 38.9 Å². The van der Waals surface area contributed by atoms with Gasteiger partial charge in [-0.3, -0.25) is 0 Å². The number of anilines is 1. The Bertz CT molecular complexity index is 478. The number of nitrogens with one attached hydrogen (secondary N) is 1. The molecule has 0 aliphatic heterocycles. The van der Waals surface area contributed by atoms with E-state index in [0.29, 0.717) is 12.5 Å². The summed E-state index contributed by atoms with van der Waals surface area (Å²) in [6.45, 7) is 8.16. The van der Waals surface area contributed by atoms with E-state index >= 15 is 0 Å². The average Bonchev–Trinajstić information content (AvgIpc) is 2.29. The number of rotatable bonds is 6. The van der Waals surface area contributed by atoms with Crippen molar-refractivity contribution in [3.8, 4) is 0 Å². The molecule has 0 aliphatic carbocycles. The van der Waals surface area contributed by atoms with Gasteiger partial charge in [-0.25, -0.2) is 8.42 Å². The van der Waals surface area contributed by atoms with Crippen LogP contribution in [0.1, 0.15) is 39.2 Å². The van der Waals surface area contributed by atoms with Crippen molar-refractivity contribution >= 4 is 15.5 Å². The fraction of sp³-hybridized carbons (Fsp3) is 0.571. The molecule has 0 saturated carbocycles. The Labute approximate surface area is 111 Å². The lowest BCUT2D eigenvalue weighted by molar-refractivity contribution is 0.588. The monoisotopic (exact) mass is 269 g/mol. The number of hydrogen-bond donors (Lipinski definition) is 1. The number of sulfone groups is 1. The highest BCUT2D eigenvalue weighted by Gasteiger charge is 2.15. The second-order valence-corrected chi connectivity index (χ2v) is 7.76. The minimum atomic E-state index is -2.96. The molecule has 0 aromatic heterocycles. The van der Waals surface area contributed by atoms with Crippen molar-refractivity contribution in [2.75, 3.05) is 17.6 Å². The molecule has 0 atom stereocenters. The van der Waals surface area contributed by atoms with Gasteiger partial charge in [-0.1, -0.05) is 32.0 Å². The van der Waals surface area contributed by atoms with E-state index in [1.54, 1.807) is 13.8 Å². The number of benzene rings is 1. The van der Waals surface area contributed by atoms with Crippen LogP contribution in [0.4, 0.5) is 5.69 Å². The summed E-state index contributed by atoms with van der Waals surface area (Å²) in [6, 6.07) is 8.04. The maximum Gasteiger partial charge on any atom is 0.154 e. The van der Waals surface area contributed by atoms with E-state index < -0.39 is 9.84 Å². The van der Waals surface area contributed by atoms with E-state index in [1.165, 1.54) is 5.56 Å². The first-order chi connectivity index (χ1) is 8.34. The molecule has 0 spiro atoms. The third-order valence-electron chi connectivity index (χ3n) is 3.00. The zero-order valence-corrected chi connectivity index (χ0v) is 12.4. The molecule has 0 bridgehead atoms. The summed E-state index contributed by atoms with van der Waals surface area (Å²) in [5.41, 5.74) is 2.26. The molecule has 0 aliphatic rings. The predicted molar refractivity (Wildman–Crippen MR) is 77.9 cm³/mol. The summed E-state index contributed by atoms with van der Waals surface area (Å²) < 4.78 is 23.4. The highest BCUT2D eigenvalue weighted by atomic mass is 32.2. The number of hydrogen-bond acceptors (Lipinski definition) is 3. The van der Waals surface area contributed by atoms with Crippen LogP contribution in [0.15, 0.2) is 24.3 Å². The normalized spacial score (nSPS) is 12.1. The molecule has 3 nitrogen and oxygen atoms in total. The second kappa shape index (κ2) is 6.23. The lowest BCUT2D eigenvalue weighted by atomic mass is 10.0. The van der Waals surface area contributed by atoms with Gasteiger partial charge in [-0.15, -0.1) is 0 Å². The van der Waals surface area contributed by atoms with Crippen molar-refractivity contribution < 1.29 is 8.42 Å². The van der Waals surface area contributed by atoms with Gasteiger partial charge < -0.3 is 5.32 Å². The van der Waals surface area contributed by atoms with Crippen LogP contribution in [0, 0.1) is 0 Å². The molecule has 0 unspecified atom stereocenters. The van der Waals surface area contributed by atoms with Gasteiger partial charge in [-0.05, 0) is 31.4 Å². The summed E-state index contributed by atoms with van der Waals surface area (Å²) in [4.78, 5) is 0. The lowest BCUT2D eigenvalue weighted by Gasteiger charge is -2.15. The molecule has 102 valence electrons. The molecule has 1 aromatic carbocycles. The summed E-state index contributed by atoms with van der Waals surface area (Å²) >= 11 is 0. The SMILES string of the molecule is CC(C)c1ccccc1NCCS(=O)(=O)C(C)C. The van der Waals surface area contributed by atoms with Crippen LogP contribution >= 0.6 is 0 Å². The topological polar surface area (TPSA) is 46.2 Å². The largest absolute Gasteiger partial charge is 0.384 e. The quantitative estimate of drug-likeness (QED) is 0.863. The predicted octanol–water partition coefficient (Wildman–Crippen LogP) is 3.05. The fourth-order valence-electron chi connectivity index (χ4n) is 1.73. The lowest BCUT2D eigenvalue weighted by Crippen LogP contribution is -2.23. The Kier molecular flexibility index (Phi) is 5.20. The highest BCUT2D eigenvalue weighted by Crippen LogP contribution is 2.23. The molecular weight excluding hydrogens is 246 g/mol. The molecule has 1 aromatic rings. The molecule has 1 rings (SSSR count). The summed E-state index contributed by atoms with van der Waals surface area (Å²) in [7, 11) is -2.96. The molecule has 0 radical (unpaired) electrons. The Hall–Kier alpha value is -1.03. The van der Waals surface area contributed by atoms with Gasteiger partial charge >= 0.3 is 0 Å². The maximum atomic E-state index is 11.7. The maximum absolute atomic E-state index is 11.7. The van der Waals surface area contributed by atoms with Crippen LogP contribution in [-0.4, -0.2) is 26.0 Å². The van der Waals surface area contributed by atoms with E-state index in [-0.39, 0.29) is 11.0 Å². The average molecular weight is 269 g/mol. The smallest absolute Gasteiger partial charge is 0.154 e. The Morgan fingerprint density at radius 2 is 1.72 bits per heavy atom. The first kappa shape index (κ1) is 15.0. The van der Waals surface area contributed by atoms with Crippen molar-refractivity contribution in [1.82, 2.24) is 0 Å². The van der Waals surface area contributed by atoms with Crippen LogP contribution in [-0.2, 0) is 9.84 Å². The van der Waals surface area contributed by atoms with Crippen molar-refractivity contribution in [1.29, 1.82) is 0 Å². The standard InChI is InChI=1S/C14H23NO2S/c1-11(2)13-7-5-6-8-14(13)15-9-10-18(16,17)12(3)4/h5-8,11-12,15H,9-10H2,1-4H3. The van der Waals surface area contributed by atoms with Gasteiger partial charge in [0, 0.05) is 12.2 Å². The first-order valence-electron chi connectivity index (χ1n) is 6.39. The van der Waals surface area contributed by atoms with Crippen molar-refractivity contribution in [2.24, 2.45) is 0 Å². The molecule has 1 N–H and O–H groups in total. The number of para-hydroxylation sites is 1. The zero-order valence-electron chi connectivity index (χ0n) is 11.6. The van der Waals surface area contributed by atoms with Crippen LogP contribution in [0.2, 0.25) is 0 Å². The summed E-state index contributed by atoms with van der Waals surface area (Å²) in [6.07, 6.45) is 0. The fourth-order valence-corrected chi connectivity index (χ4v) is 2.58. The van der Waals surface area contributed by atoms with Gasteiger partial charge in [0.2, 0.25) is 0 Å². The molecular formula is C14H23NO2S. The molecule has 0 amide bonds. The molecule has 4 heteroatoms. The van der Waals surface area contributed by atoms with E-state index in [1.807, 2.05) is 18.2 Å². The molecule has 0 fully saturated rings. The second-order valence-electron chi connectivity index (χ2n) is 5.08. The zero-order chi connectivity index (χ0) is 13.8. The molecule has 18 heavy (non-hydrogen) atoms. The van der Waals surface area contributed by atoms with E-state index in [0.717, 1.165) is 5.69 Å². The van der Waals surface area contributed by atoms with E-state index in [4.69, 9.17) is 0 Å². The van der Waals surface area contributed by atoms with Gasteiger partial charge in [0.25, 0.3) is 0 Å². The Morgan fingerprint density at radius 1 is 1.11 bits per heavy atom. The van der Waals surface area contributed by atoms with Crippen LogP contribution in [0.3, 0.4) is 0 Å². The minimum absolute atomic E-state index is 0.178. The van der Waals surface area contributed by atoms with Gasteiger partial charge in [0.05, 0.1) is 11.0 Å². The van der Waals surface area contributed by atoms with E-state index in [9.17, 15) is 8.42 Å². The first-order valence-corrected chi connectivity index (χ1v) is 8.10. The van der Waals surface area contributed by atoms with Crippen molar-refractivity contribution in [3.63, 3.8) is 0 Å². The summed E-state index contributed by atoms with van der Waals surface area (Å²) in [5, 5.41) is 2.92. The molecule has 0 heterocycles. The van der Waals surface area contributed by atoms with Gasteiger partial charge in [0.15, 0.2) is 9.84 Å². The minimum Gasteiger partial charge on any atom is -0.384 e. The van der Waals surface area contributed by atoms with Crippen LogP contribution in [0.25, 0.3) is 0 Å². The van der Waals surface area contributed by atoms with Crippen LogP contribution in [0.5, 0.6) is 0 Å². The third kappa shape index (κ3) is 4.02. The Morgan fingerprint density at radius 3 is 2.28 bits per heavy atom. The summed E-state index contributed by atoms with van der Waals surface area (Å²) in [5.74, 6) is 0.604. The Balaban J connectivity index is 2.65. The van der Waals surface area contributed by atoms with Crippen molar-refractivity contribution in [3.05, 3.63) is 29.8 Å². The van der Waals surface area contributed by atoms with Gasteiger partial charge in [-0.2, -0.15) is 0 Å². The van der Waals surface area contributed by atoms with Gasteiger partial charge in [0.1, 0.15) is 0 Å². The third-order valence-corrected chi connectivity index (χ3v) is 5.21. The van der Waals surface area contributed by atoms with E-state index in [2.05, 4.69) is 25.2 Å². The van der Waals surface area contributed by atoms with Crippen LogP contribution < -0.4 is 5.32 Å².